The molecule has 1 rings (SSSR count). The van der Waals surface area contributed by atoms with Crippen molar-refractivity contribution >= 4 is 29.1 Å². The number of amides is 1. The van der Waals surface area contributed by atoms with Crippen LogP contribution in [-0.4, -0.2) is 34.9 Å². The molecular weight excluding hydrogens is 265 g/mol. The topological polar surface area (TPSA) is 69.6 Å². The maximum Gasteiger partial charge on any atom is 0.253 e. The van der Waals surface area contributed by atoms with Crippen LogP contribution in [-0.2, 0) is 0 Å². The Hall–Kier alpha value is -0.810. The fraction of sp³-hybridized carbons (Fsp3) is 0.364. The summed E-state index contributed by atoms with van der Waals surface area (Å²) in [6.07, 6.45) is 0. The number of aliphatic hydroxyl groups is 2. The summed E-state index contributed by atoms with van der Waals surface area (Å²) < 4.78 is 0. The number of hydrogen-bond donors (Lipinski definition) is 3. The van der Waals surface area contributed by atoms with Crippen molar-refractivity contribution in [1.29, 1.82) is 0 Å². The molecule has 0 aliphatic heterocycles. The molecule has 0 saturated carbocycles. The Morgan fingerprint density at radius 3 is 2.47 bits per heavy atom. The fourth-order valence-corrected chi connectivity index (χ4v) is 1.54. The first kappa shape index (κ1) is 14.3. The van der Waals surface area contributed by atoms with Gasteiger partial charge in [0.05, 0.1) is 34.4 Å². The van der Waals surface area contributed by atoms with E-state index in [1.165, 1.54) is 13.0 Å². The van der Waals surface area contributed by atoms with E-state index >= 15 is 0 Å². The predicted octanol–water partition coefficient (Wildman–Crippen LogP) is 1.47. The first-order valence-electron chi connectivity index (χ1n) is 4.92. The normalized spacial score (nSPS) is 11.4. The molecule has 1 aromatic rings. The minimum Gasteiger partial charge on any atom is -0.394 e. The third-order valence-electron chi connectivity index (χ3n) is 2.31. The lowest BCUT2D eigenvalue weighted by Gasteiger charge is -2.26. The quantitative estimate of drug-likeness (QED) is 0.781. The van der Waals surface area contributed by atoms with Crippen molar-refractivity contribution in [2.75, 3.05) is 13.2 Å². The Kier molecular flexibility index (Phi) is 4.77. The Balaban J connectivity index is 2.94. The molecule has 4 nitrogen and oxygen atoms in total. The summed E-state index contributed by atoms with van der Waals surface area (Å²) in [5, 5.41) is 21.1. The smallest absolute Gasteiger partial charge is 0.253 e. The van der Waals surface area contributed by atoms with Crippen LogP contribution in [0.5, 0.6) is 0 Å². The molecule has 0 aromatic heterocycles. The lowest BCUT2D eigenvalue weighted by atomic mass is 10.0. The maximum absolute atomic E-state index is 11.9. The van der Waals surface area contributed by atoms with Crippen molar-refractivity contribution in [3.63, 3.8) is 0 Å². The molecule has 3 N–H and O–H groups in total. The zero-order chi connectivity index (χ0) is 13.1. The average Bonchev–Trinajstić information content (AvgIpc) is 2.32. The van der Waals surface area contributed by atoms with Crippen molar-refractivity contribution in [2.45, 2.75) is 12.5 Å². The third-order valence-corrected chi connectivity index (χ3v) is 3.13. The number of aliphatic hydroxyl groups excluding tert-OH is 2. The third kappa shape index (κ3) is 3.33. The van der Waals surface area contributed by atoms with Gasteiger partial charge in [0.25, 0.3) is 5.91 Å². The largest absolute Gasteiger partial charge is 0.394 e. The fourth-order valence-electron chi connectivity index (χ4n) is 1.15. The second-order valence-corrected chi connectivity index (χ2v) is 4.72. The monoisotopic (exact) mass is 277 g/mol. The second kappa shape index (κ2) is 5.69. The van der Waals surface area contributed by atoms with Crippen molar-refractivity contribution < 1.29 is 15.0 Å². The average molecular weight is 278 g/mol. The minimum atomic E-state index is -1.09. The van der Waals surface area contributed by atoms with Crippen molar-refractivity contribution in [3.05, 3.63) is 33.8 Å². The Morgan fingerprint density at radius 1 is 1.35 bits per heavy atom. The van der Waals surface area contributed by atoms with Crippen LogP contribution in [0.1, 0.15) is 17.3 Å². The SMILES string of the molecule is CC(CO)(CO)NC(=O)c1cccc(Cl)c1Cl. The van der Waals surface area contributed by atoms with Gasteiger partial charge in [-0.05, 0) is 19.1 Å². The van der Waals surface area contributed by atoms with Gasteiger partial charge in [-0.1, -0.05) is 29.3 Å². The molecule has 1 amide bonds. The number of carbonyl (C=O) groups excluding carboxylic acids is 1. The second-order valence-electron chi connectivity index (χ2n) is 3.93. The van der Waals surface area contributed by atoms with E-state index in [1.807, 2.05) is 0 Å². The van der Waals surface area contributed by atoms with E-state index in [0.29, 0.717) is 0 Å². The molecule has 0 bridgehead atoms. The summed E-state index contributed by atoms with van der Waals surface area (Å²) in [5.74, 6) is -0.497. The van der Waals surface area contributed by atoms with Crippen LogP contribution in [0.3, 0.4) is 0 Å². The van der Waals surface area contributed by atoms with Crippen LogP contribution in [0.4, 0.5) is 0 Å². The summed E-state index contributed by atoms with van der Waals surface area (Å²) in [7, 11) is 0. The molecule has 0 unspecified atom stereocenters. The molecule has 6 heteroatoms. The Labute approximate surface area is 109 Å². The van der Waals surface area contributed by atoms with Gasteiger partial charge >= 0.3 is 0 Å². The van der Waals surface area contributed by atoms with Crippen LogP contribution < -0.4 is 5.32 Å². The highest BCUT2D eigenvalue weighted by atomic mass is 35.5. The molecule has 94 valence electrons. The zero-order valence-corrected chi connectivity index (χ0v) is 10.7. The standard InChI is InChI=1S/C11H13Cl2NO3/c1-11(5-15,6-16)14-10(17)7-3-2-4-8(12)9(7)13/h2-4,15-16H,5-6H2,1H3,(H,14,17). The lowest BCUT2D eigenvalue weighted by molar-refractivity contribution is 0.0724. The molecule has 0 fully saturated rings. The van der Waals surface area contributed by atoms with Crippen molar-refractivity contribution in [2.24, 2.45) is 0 Å². The number of rotatable bonds is 4. The molecule has 0 radical (unpaired) electrons. The summed E-state index contributed by atoms with van der Waals surface area (Å²) in [6, 6.07) is 4.68. The van der Waals surface area contributed by atoms with Crippen LogP contribution in [0.2, 0.25) is 10.0 Å². The molecule has 17 heavy (non-hydrogen) atoms. The van der Waals surface area contributed by atoms with Gasteiger partial charge in [-0.25, -0.2) is 0 Å². The van der Waals surface area contributed by atoms with Crippen LogP contribution >= 0.6 is 23.2 Å². The molecule has 0 aliphatic carbocycles. The molecule has 0 spiro atoms. The van der Waals surface area contributed by atoms with Crippen molar-refractivity contribution in [1.82, 2.24) is 5.32 Å². The summed E-state index contributed by atoms with van der Waals surface area (Å²) >= 11 is 11.7. The predicted molar refractivity (Wildman–Crippen MR) is 66.5 cm³/mol. The highest BCUT2D eigenvalue weighted by molar-refractivity contribution is 6.43. The highest BCUT2D eigenvalue weighted by Gasteiger charge is 2.26. The molecular formula is C11H13Cl2NO3. The minimum absolute atomic E-state index is 0.143. The van der Waals surface area contributed by atoms with Gasteiger partial charge in [0.1, 0.15) is 0 Å². The molecule has 0 heterocycles. The van der Waals surface area contributed by atoms with E-state index in [4.69, 9.17) is 33.4 Å². The molecule has 0 saturated heterocycles. The van der Waals surface area contributed by atoms with Gasteiger partial charge in [-0.2, -0.15) is 0 Å². The Bertz CT molecular complexity index is 419. The van der Waals surface area contributed by atoms with E-state index in [-0.39, 0.29) is 28.8 Å². The number of halogens is 2. The van der Waals surface area contributed by atoms with Gasteiger partial charge in [0, 0.05) is 0 Å². The van der Waals surface area contributed by atoms with Gasteiger partial charge in [0.15, 0.2) is 0 Å². The van der Waals surface area contributed by atoms with E-state index in [9.17, 15) is 4.79 Å². The van der Waals surface area contributed by atoms with Crippen LogP contribution in [0.15, 0.2) is 18.2 Å². The first-order chi connectivity index (χ1) is 7.93. The van der Waals surface area contributed by atoms with Gasteiger partial charge in [0.2, 0.25) is 0 Å². The number of carbonyl (C=O) groups is 1. The zero-order valence-electron chi connectivity index (χ0n) is 9.20. The van der Waals surface area contributed by atoms with Crippen LogP contribution in [0.25, 0.3) is 0 Å². The van der Waals surface area contributed by atoms with E-state index in [2.05, 4.69) is 5.32 Å². The number of nitrogens with one attached hydrogen (secondary N) is 1. The molecule has 0 atom stereocenters. The number of hydrogen-bond acceptors (Lipinski definition) is 3. The lowest BCUT2D eigenvalue weighted by Crippen LogP contribution is -2.51. The van der Waals surface area contributed by atoms with E-state index in [1.54, 1.807) is 12.1 Å². The number of benzene rings is 1. The summed E-state index contributed by atoms with van der Waals surface area (Å²) in [5.41, 5.74) is -0.893. The van der Waals surface area contributed by atoms with Crippen molar-refractivity contribution in [3.8, 4) is 0 Å². The van der Waals surface area contributed by atoms with E-state index < -0.39 is 11.4 Å². The Morgan fingerprint density at radius 2 is 1.94 bits per heavy atom. The molecule has 1 aromatic carbocycles. The van der Waals surface area contributed by atoms with Gasteiger partial charge in [-0.15, -0.1) is 0 Å². The maximum atomic E-state index is 11.9. The summed E-state index contributed by atoms with van der Waals surface area (Å²) in [6.45, 7) is 0.754. The van der Waals surface area contributed by atoms with E-state index in [0.717, 1.165) is 0 Å². The summed E-state index contributed by atoms with van der Waals surface area (Å²) in [4.78, 5) is 11.9. The van der Waals surface area contributed by atoms with Gasteiger partial charge in [-0.3, -0.25) is 4.79 Å². The van der Waals surface area contributed by atoms with Crippen LogP contribution in [0, 0.1) is 0 Å². The van der Waals surface area contributed by atoms with Gasteiger partial charge < -0.3 is 15.5 Å². The highest BCUT2D eigenvalue weighted by Crippen LogP contribution is 2.25. The molecule has 0 aliphatic rings. The first-order valence-corrected chi connectivity index (χ1v) is 5.67.